The van der Waals surface area contributed by atoms with E-state index in [1.54, 1.807) is 6.08 Å². The smallest absolute Gasteiger partial charge is 0.325 e. The molecule has 0 aliphatic carbocycles. The molecule has 0 atom stereocenters. The minimum Gasteiger partial charge on any atom is -0.468 e. The van der Waals surface area contributed by atoms with Crippen LogP contribution in [0.2, 0.25) is 0 Å². The summed E-state index contributed by atoms with van der Waals surface area (Å²) in [5.74, 6) is -0.741. The molecule has 0 N–H and O–H groups in total. The number of hydrogen-bond acceptors (Lipinski definition) is 5. The molecule has 1 heterocycles. The number of ether oxygens (including phenoxy) is 1. The van der Waals surface area contributed by atoms with Crippen LogP contribution in [0, 0.1) is 0 Å². The van der Waals surface area contributed by atoms with E-state index in [1.807, 2.05) is 24.3 Å². The summed E-state index contributed by atoms with van der Waals surface area (Å²) < 4.78 is 4.94. The highest BCUT2D eigenvalue weighted by Gasteiger charge is 2.33. The van der Waals surface area contributed by atoms with E-state index in [1.165, 1.54) is 29.3 Å². The third kappa shape index (κ3) is 3.71. The number of esters is 1. The van der Waals surface area contributed by atoms with Gasteiger partial charge in [-0.2, -0.15) is 0 Å². The van der Waals surface area contributed by atoms with Gasteiger partial charge in [-0.3, -0.25) is 14.5 Å². The van der Waals surface area contributed by atoms with E-state index in [0.29, 0.717) is 9.23 Å². The molecule has 2 rings (SSSR count). The first-order valence-electron chi connectivity index (χ1n) is 6.46. The molecule has 21 heavy (non-hydrogen) atoms. The van der Waals surface area contributed by atoms with Crippen LogP contribution in [-0.2, 0) is 20.7 Å². The van der Waals surface area contributed by atoms with Crippen molar-refractivity contribution in [1.29, 1.82) is 0 Å². The number of thioether (sulfide) groups is 1. The SMILES string of the molecule is CCc1ccc(/C=C2\SC(=S)N(CC(=O)OC)C2=O)cc1. The highest BCUT2D eigenvalue weighted by Crippen LogP contribution is 2.32. The van der Waals surface area contributed by atoms with E-state index in [4.69, 9.17) is 12.2 Å². The largest absolute Gasteiger partial charge is 0.468 e. The van der Waals surface area contributed by atoms with Crippen LogP contribution in [0.5, 0.6) is 0 Å². The number of carbonyl (C=O) groups is 2. The fourth-order valence-corrected chi connectivity index (χ4v) is 3.09. The van der Waals surface area contributed by atoms with E-state index in [2.05, 4.69) is 11.7 Å². The molecule has 0 bridgehead atoms. The number of hydrogen-bond donors (Lipinski definition) is 0. The third-order valence-corrected chi connectivity index (χ3v) is 4.45. The van der Waals surface area contributed by atoms with Gasteiger partial charge < -0.3 is 4.74 Å². The average Bonchev–Trinajstić information content (AvgIpc) is 2.75. The molecule has 4 nitrogen and oxygen atoms in total. The van der Waals surface area contributed by atoms with Crippen LogP contribution >= 0.6 is 24.0 Å². The van der Waals surface area contributed by atoms with Gasteiger partial charge in [0, 0.05) is 0 Å². The van der Waals surface area contributed by atoms with Crippen LogP contribution in [0.15, 0.2) is 29.2 Å². The van der Waals surface area contributed by atoms with Crippen LogP contribution in [0.25, 0.3) is 6.08 Å². The number of carbonyl (C=O) groups excluding carboxylic acids is 2. The first kappa shape index (κ1) is 15.7. The maximum Gasteiger partial charge on any atom is 0.325 e. The summed E-state index contributed by atoms with van der Waals surface area (Å²) in [6.45, 7) is 1.94. The minimum absolute atomic E-state index is 0.146. The summed E-state index contributed by atoms with van der Waals surface area (Å²) >= 11 is 6.34. The normalized spacial score (nSPS) is 16.7. The summed E-state index contributed by atoms with van der Waals surface area (Å²) in [7, 11) is 1.28. The predicted octanol–water partition coefficient (Wildman–Crippen LogP) is 2.62. The van der Waals surface area contributed by atoms with Crippen LogP contribution in [-0.4, -0.2) is 34.8 Å². The molecule has 0 aromatic heterocycles. The van der Waals surface area contributed by atoms with E-state index in [-0.39, 0.29) is 12.5 Å². The number of nitrogens with zero attached hydrogens (tertiary/aromatic N) is 1. The Bertz CT molecular complexity index is 608. The van der Waals surface area contributed by atoms with Gasteiger partial charge in [0.15, 0.2) is 0 Å². The lowest BCUT2D eigenvalue weighted by atomic mass is 10.1. The monoisotopic (exact) mass is 321 g/mol. The molecule has 0 saturated carbocycles. The zero-order valence-corrected chi connectivity index (χ0v) is 13.4. The van der Waals surface area contributed by atoms with Gasteiger partial charge in [-0.15, -0.1) is 0 Å². The van der Waals surface area contributed by atoms with Crippen LogP contribution in [0.3, 0.4) is 0 Å². The van der Waals surface area contributed by atoms with Crippen molar-refractivity contribution in [1.82, 2.24) is 4.90 Å². The molecule has 1 aromatic rings. The zero-order valence-electron chi connectivity index (χ0n) is 11.8. The van der Waals surface area contributed by atoms with Gasteiger partial charge in [0.25, 0.3) is 5.91 Å². The first-order valence-corrected chi connectivity index (χ1v) is 7.68. The molecule has 110 valence electrons. The number of thiocarbonyl (C=S) groups is 1. The van der Waals surface area contributed by atoms with Gasteiger partial charge in [-0.25, -0.2) is 0 Å². The Morgan fingerprint density at radius 2 is 2.05 bits per heavy atom. The van der Waals surface area contributed by atoms with Crippen LogP contribution in [0.4, 0.5) is 0 Å². The summed E-state index contributed by atoms with van der Waals surface area (Å²) in [6, 6.07) is 7.99. The lowest BCUT2D eigenvalue weighted by Crippen LogP contribution is -2.33. The predicted molar refractivity (Wildman–Crippen MR) is 87.7 cm³/mol. The third-order valence-electron chi connectivity index (χ3n) is 3.07. The Morgan fingerprint density at radius 1 is 1.38 bits per heavy atom. The van der Waals surface area contributed by atoms with Gasteiger partial charge in [0.2, 0.25) is 0 Å². The number of amides is 1. The Labute approximate surface area is 133 Å². The number of methoxy groups -OCH3 is 1. The van der Waals surface area contributed by atoms with E-state index < -0.39 is 5.97 Å². The van der Waals surface area contributed by atoms with Crippen molar-refractivity contribution < 1.29 is 14.3 Å². The van der Waals surface area contributed by atoms with E-state index >= 15 is 0 Å². The van der Waals surface area contributed by atoms with Crippen molar-refractivity contribution in [3.63, 3.8) is 0 Å². The second-order valence-corrected chi connectivity index (χ2v) is 6.11. The van der Waals surface area contributed by atoms with Gasteiger partial charge in [0.05, 0.1) is 12.0 Å². The lowest BCUT2D eigenvalue weighted by Gasteiger charge is -2.11. The second-order valence-electron chi connectivity index (χ2n) is 4.44. The van der Waals surface area contributed by atoms with E-state index in [9.17, 15) is 9.59 Å². The van der Waals surface area contributed by atoms with Crippen molar-refractivity contribution in [3.8, 4) is 0 Å². The standard InChI is InChI=1S/C15H15NO3S2/c1-3-10-4-6-11(7-5-10)8-12-14(18)16(15(20)21-12)9-13(17)19-2/h4-8H,3,9H2,1-2H3/b12-8-. The van der Waals surface area contributed by atoms with Crippen molar-refractivity contribution in [2.45, 2.75) is 13.3 Å². The lowest BCUT2D eigenvalue weighted by molar-refractivity contribution is -0.143. The number of rotatable bonds is 4. The minimum atomic E-state index is -0.486. The molecule has 1 aliphatic heterocycles. The van der Waals surface area contributed by atoms with Crippen molar-refractivity contribution in [2.75, 3.05) is 13.7 Å². The number of aryl methyl sites for hydroxylation is 1. The molecule has 1 saturated heterocycles. The molecule has 6 heteroatoms. The molecular formula is C15H15NO3S2. The first-order chi connectivity index (χ1) is 10.0. The highest BCUT2D eigenvalue weighted by atomic mass is 32.2. The molecule has 1 aliphatic rings. The number of benzene rings is 1. The Balaban J connectivity index is 2.17. The zero-order chi connectivity index (χ0) is 15.4. The Kier molecular flexibility index (Phi) is 5.14. The summed E-state index contributed by atoms with van der Waals surface area (Å²) in [5.41, 5.74) is 2.18. The van der Waals surface area contributed by atoms with Crippen molar-refractivity contribution in [2.24, 2.45) is 0 Å². The average molecular weight is 321 g/mol. The van der Waals surface area contributed by atoms with E-state index in [0.717, 1.165) is 12.0 Å². The fraction of sp³-hybridized carbons (Fsp3) is 0.267. The maximum atomic E-state index is 12.2. The molecule has 1 fully saturated rings. The quantitative estimate of drug-likeness (QED) is 0.485. The van der Waals surface area contributed by atoms with Gasteiger partial charge in [0.1, 0.15) is 10.9 Å². The molecule has 0 unspecified atom stereocenters. The summed E-state index contributed by atoms with van der Waals surface area (Å²) in [5, 5.41) is 0. The maximum absolute atomic E-state index is 12.2. The topological polar surface area (TPSA) is 46.6 Å². The van der Waals surface area contributed by atoms with Gasteiger partial charge in [-0.05, 0) is 23.6 Å². The summed E-state index contributed by atoms with van der Waals surface area (Å²) in [4.78, 5) is 25.3. The molecule has 1 aromatic carbocycles. The Hall–Kier alpha value is -1.66. The van der Waals surface area contributed by atoms with Crippen molar-refractivity contribution >= 4 is 46.3 Å². The molecule has 0 radical (unpaired) electrons. The van der Waals surface area contributed by atoms with Crippen molar-refractivity contribution in [3.05, 3.63) is 40.3 Å². The van der Waals surface area contributed by atoms with Crippen LogP contribution < -0.4 is 0 Å². The summed E-state index contributed by atoms with van der Waals surface area (Å²) in [6.07, 6.45) is 2.76. The Morgan fingerprint density at radius 3 is 2.62 bits per heavy atom. The molecule has 0 spiro atoms. The molecular weight excluding hydrogens is 306 g/mol. The van der Waals surface area contributed by atoms with Gasteiger partial charge >= 0.3 is 5.97 Å². The molecule has 1 amide bonds. The fourth-order valence-electron chi connectivity index (χ4n) is 1.83. The second kappa shape index (κ2) is 6.87. The van der Waals surface area contributed by atoms with Gasteiger partial charge in [-0.1, -0.05) is 55.2 Å². The highest BCUT2D eigenvalue weighted by molar-refractivity contribution is 8.26. The van der Waals surface area contributed by atoms with Crippen LogP contribution in [0.1, 0.15) is 18.1 Å².